The molecule has 130 valence electrons. The van der Waals surface area contributed by atoms with Gasteiger partial charge in [-0.25, -0.2) is 0 Å². The molecule has 0 unspecified atom stereocenters. The summed E-state index contributed by atoms with van der Waals surface area (Å²) in [5.74, 6) is 1.02. The normalized spacial score (nSPS) is 15.9. The van der Waals surface area contributed by atoms with Crippen LogP contribution in [0.15, 0.2) is 17.6 Å². The average Bonchev–Trinajstić information content (AvgIpc) is 3.26. The summed E-state index contributed by atoms with van der Waals surface area (Å²) in [6.45, 7) is 6.70. The van der Waals surface area contributed by atoms with E-state index in [-0.39, 0.29) is 24.0 Å². The van der Waals surface area contributed by atoms with Gasteiger partial charge in [0.05, 0.1) is 0 Å². The molecule has 1 aliphatic rings. The van der Waals surface area contributed by atoms with Gasteiger partial charge in [0.2, 0.25) is 0 Å². The van der Waals surface area contributed by atoms with Crippen LogP contribution in [0.3, 0.4) is 0 Å². The number of methoxy groups -OCH3 is 1. The SMILES string of the molecule is C=CCCCCCN(C)C(=NC)NCC1(CCOC)CC1.I. The molecule has 0 aromatic rings. The van der Waals surface area contributed by atoms with Gasteiger partial charge in [-0.2, -0.15) is 0 Å². The number of guanidine groups is 1. The van der Waals surface area contributed by atoms with Crippen molar-refractivity contribution in [2.45, 2.75) is 44.9 Å². The summed E-state index contributed by atoms with van der Waals surface area (Å²) in [5.41, 5.74) is 0.455. The molecule has 0 aliphatic heterocycles. The second kappa shape index (κ2) is 12.2. The van der Waals surface area contributed by atoms with Gasteiger partial charge in [-0.05, 0) is 43.9 Å². The smallest absolute Gasteiger partial charge is 0.193 e. The molecule has 4 nitrogen and oxygen atoms in total. The summed E-state index contributed by atoms with van der Waals surface area (Å²) in [7, 11) is 5.77. The minimum absolute atomic E-state index is 0. The molecule has 0 amide bonds. The Hall–Kier alpha value is -0.300. The second-order valence-corrected chi connectivity index (χ2v) is 6.20. The van der Waals surface area contributed by atoms with E-state index < -0.39 is 0 Å². The highest BCUT2D eigenvalue weighted by molar-refractivity contribution is 14.0. The van der Waals surface area contributed by atoms with Crippen LogP contribution < -0.4 is 5.32 Å². The van der Waals surface area contributed by atoms with E-state index in [9.17, 15) is 0 Å². The number of nitrogens with zero attached hydrogens (tertiary/aromatic N) is 2. The third-order valence-electron chi connectivity index (χ3n) is 4.39. The van der Waals surface area contributed by atoms with Crippen LogP contribution >= 0.6 is 24.0 Å². The zero-order valence-corrected chi connectivity index (χ0v) is 16.9. The minimum atomic E-state index is 0. The zero-order valence-electron chi connectivity index (χ0n) is 14.6. The number of allylic oxidation sites excluding steroid dienone is 1. The fraction of sp³-hybridized carbons (Fsp3) is 0.824. The Bertz CT molecular complexity index is 330. The average molecular weight is 423 g/mol. The lowest BCUT2D eigenvalue weighted by molar-refractivity contribution is 0.172. The van der Waals surface area contributed by atoms with Crippen molar-refractivity contribution in [3.05, 3.63) is 12.7 Å². The lowest BCUT2D eigenvalue weighted by Gasteiger charge is -2.24. The lowest BCUT2D eigenvalue weighted by atomic mass is 10.0. The second-order valence-electron chi connectivity index (χ2n) is 6.20. The number of halogens is 1. The van der Waals surface area contributed by atoms with Crippen molar-refractivity contribution >= 4 is 29.9 Å². The van der Waals surface area contributed by atoms with Crippen molar-refractivity contribution in [1.82, 2.24) is 10.2 Å². The zero-order chi connectivity index (χ0) is 15.6. The van der Waals surface area contributed by atoms with Crippen LogP contribution in [0, 0.1) is 5.41 Å². The Balaban J connectivity index is 0.00000441. The topological polar surface area (TPSA) is 36.9 Å². The minimum Gasteiger partial charge on any atom is -0.385 e. The molecule has 1 rings (SSSR count). The Morgan fingerprint density at radius 1 is 1.36 bits per heavy atom. The molecule has 0 saturated heterocycles. The van der Waals surface area contributed by atoms with Crippen molar-refractivity contribution < 1.29 is 4.74 Å². The summed E-state index contributed by atoms with van der Waals surface area (Å²) in [4.78, 5) is 6.63. The Labute approximate surface area is 153 Å². The number of hydrogen-bond donors (Lipinski definition) is 1. The Morgan fingerprint density at radius 3 is 2.64 bits per heavy atom. The van der Waals surface area contributed by atoms with Gasteiger partial charge in [0.25, 0.3) is 0 Å². The molecule has 1 N–H and O–H groups in total. The van der Waals surface area contributed by atoms with E-state index in [1.807, 2.05) is 13.1 Å². The van der Waals surface area contributed by atoms with Gasteiger partial charge in [-0.1, -0.05) is 12.5 Å². The maximum absolute atomic E-state index is 5.21. The van der Waals surface area contributed by atoms with Crippen LogP contribution in [0.25, 0.3) is 0 Å². The van der Waals surface area contributed by atoms with E-state index in [4.69, 9.17) is 4.74 Å². The maximum Gasteiger partial charge on any atom is 0.193 e. The fourth-order valence-corrected chi connectivity index (χ4v) is 2.58. The van der Waals surface area contributed by atoms with E-state index in [0.717, 1.165) is 38.5 Å². The van der Waals surface area contributed by atoms with Crippen LogP contribution in [-0.2, 0) is 4.74 Å². The molecule has 22 heavy (non-hydrogen) atoms. The standard InChI is InChI=1S/C17H33N3O.HI/c1-5-6-7-8-9-13-20(3)16(18-2)19-15-17(10-11-17)12-14-21-4;/h5H,1,6-15H2,2-4H3,(H,18,19);1H. The number of ether oxygens (including phenoxy) is 1. The van der Waals surface area contributed by atoms with Crippen molar-refractivity contribution in [3.63, 3.8) is 0 Å². The molecule has 1 fully saturated rings. The predicted molar refractivity (Wildman–Crippen MR) is 106 cm³/mol. The Morgan fingerprint density at radius 2 is 2.09 bits per heavy atom. The molecular weight excluding hydrogens is 389 g/mol. The first-order valence-corrected chi connectivity index (χ1v) is 8.19. The van der Waals surface area contributed by atoms with Crippen LogP contribution in [0.4, 0.5) is 0 Å². The van der Waals surface area contributed by atoms with Crippen molar-refractivity contribution in [3.8, 4) is 0 Å². The molecule has 1 saturated carbocycles. The van der Waals surface area contributed by atoms with Crippen molar-refractivity contribution in [2.24, 2.45) is 10.4 Å². The molecule has 0 radical (unpaired) electrons. The van der Waals surface area contributed by atoms with Crippen LogP contribution in [-0.4, -0.2) is 51.8 Å². The first kappa shape index (κ1) is 21.7. The van der Waals surface area contributed by atoms with Gasteiger partial charge in [0, 0.05) is 40.9 Å². The summed E-state index contributed by atoms with van der Waals surface area (Å²) >= 11 is 0. The van der Waals surface area contributed by atoms with Crippen LogP contribution in [0.2, 0.25) is 0 Å². The molecule has 1 aliphatic carbocycles. The maximum atomic E-state index is 5.21. The number of aliphatic imine (C=N–C) groups is 1. The molecule has 0 bridgehead atoms. The summed E-state index contributed by atoms with van der Waals surface area (Å²) in [5, 5.41) is 3.54. The largest absolute Gasteiger partial charge is 0.385 e. The van der Waals surface area contributed by atoms with Gasteiger partial charge >= 0.3 is 0 Å². The van der Waals surface area contributed by atoms with E-state index in [1.54, 1.807) is 7.11 Å². The lowest BCUT2D eigenvalue weighted by Crippen LogP contribution is -2.42. The van der Waals surface area contributed by atoms with Gasteiger partial charge in [0.1, 0.15) is 0 Å². The molecule has 0 atom stereocenters. The molecular formula is C17H34IN3O. The molecule has 0 aromatic carbocycles. The van der Waals surface area contributed by atoms with Gasteiger partial charge in [-0.15, -0.1) is 30.6 Å². The van der Waals surface area contributed by atoms with E-state index in [0.29, 0.717) is 5.41 Å². The Kier molecular flexibility index (Phi) is 12.0. The summed E-state index contributed by atoms with van der Waals surface area (Å²) in [6.07, 6.45) is 10.6. The quantitative estimate of drug-likeness (QED) is 0.181. The van der Waals surface area contributed by atoms with E-state index in [1.165, 1.54) is 32.1 Å². The number of hydrogen-bond acceptors (Lipinski definition) is 2. The third-order valence-corrected chi connectivity index (χ3v) is 4.39. The predicted octanol–water partition coefficient (Wildman–Crippen LogP) is 3.67. The molecule has 0 aromatic heterocycles. The van der Waals surface area contributed by atoms with Crippen molar-refractivity contribution in [1.29, 1.82) is 0 Å². The summed E-state index contributed by atoms with van der Waals surface area (Å²) < 4.78 is 5.21. The number of unbranched alkanes of at least 4 members (excludes halogenated alkanes) is 3. The third kappa shape index (κ3) is 8.36. The van der Waals surface area contributed by atoms with Gasteiger partial charge in [0.15, 0.2) is 5.96 Å². The van der Waals surface area contributed by atoms with E-state index in [2.05, 4.69) is 28.8 Å². The monoisotopic (exact) mass is 423 g/mol. The number of rotatable bonds is 11. The van der Waals surface area contributed by atoms with Crippen molar-refractivity contribution in [2.75, 3.05) is 40.9 Å². The van der Waals surface area contributed by atoms with Gasteiger partial charge < -0.3 is 15.0 Å². The van der Waals surface area contributed by atoms with Gasteiger partial charge in [-0.3, -0.25) is 4.99 Å². The first-order chi connectivity index (χ1) is 10.2. The highest BCUT2D eigenvalue weighted by Gasteiger charge is 2.41. The number of nitrogens with one attached hydrogen (secondary N) is 1. The van der Waals surface area contributed by atoms with Crippen LogP contribution in [0.5, 0.6) is 0 Å². The highest BCUT2D eigenvalue weighted by Crippen LogP contribution is 2.48. The fourth-order valence-electron chi connectivity index (χ4n) is 2.58. The molecule has 0 spiro atoms. The van der Waals surface area contributed by atoms with E-state index >= 15 is 0 Å². The van der Waals surface area contributed by atoms with Crippen LogP contribution in [0.1, 0.15) is 44.9 Å². The summed E-state index contributed by atoms with van der Waals surface area (Å²) in [6, 6.07) is 0. The highest BCUT2D eigenvalue weighted by atomic mass is 127. The molecule has 0 heterocycles. The molecule has 5 heteroatoms. The first-order valence-electron chi connectivity index (χ1n) is 8.19.